The van der Waals surface area contributed by atoms with Gasteiger partial charge in [-0.05, 0) is 6.07 Å². The number of para-hydroxylation sites is 1. The molecule has 5 nitrogen and oxygen atoms in total. The van der Waals surface area contributed by atoms with Crippen LogP contribution in [0.3, 0.4) is 0 Å². The Morgan fingerprint density at radius 1 is 1.36 bits per heavy atom. The second-order valence-corrected chi connectivity index (χ2v) is 5.11. The van der Waals surface area contributed by atoms with Crippen molar-refractivity contribution in [2.24, 2.45) is 7.05 Å². The lowest BCUT2D eigenvalue weighted by Gasteiger charge is -2.14. The number of carboxylic acid groups (broad SMARTS) is 1. The highest BCUT2D eigenvalue weighted by Gasteiger charge is 2.27. The Morgan fingerprint density at radius 3 is 2.55 bits per heavy atom. The predicted molar refractivity (Wildman–Crippen MR) is 77.4 cm³/mol. The largest absolute Gasteiger partial charge is 0.480 e. The second-order valence-electron chi connectivity index (χ2n) is 4.73. The van der Waals surface area contributed by atoms with E-state index in [4.69, 9.17) is 16.7 Å². The minimum Gasteiger partial charge on any atom is -0.480 e. The molecule has 1 amide bonds. The first-order valence-electron chi connectivity index (χ1n) is 6.37. The van der Waals surface area contributed by atoms with E-state index in [1.165, 1.54) is 4.57 Å². The molecule has 2 N–H and O–H groups in total. The third kappa shape index (κ3) is 3.04. The summed E-state index contributed by atoms with van der Waals surface area (Å²) in [6.07, 6.45) is -3.81. The number of nitrogens with zero attached hydrogens (tertiary/aromatic N) is 1. The van der Waals surface area contributed by atoms with Gasteiger partial charge in [0.2, 0.25) is 6.43 Å². The molecule has 0 aliphatic rings. The molecule has 0 aliphatic heterocycles. The molecule has 0 saturated carbocycles. The van der Waals surface area contributed by atoms with Crippen molar-refractivity contribution in [1.82, 2.24) is 9.88 Å². The van der Waals surface area contributed by atoms with Gasteiger partial charge in [-0.3, -0.25) is 4.79 Å². The number of aromatic nitrogens is 1. The van der Waals surface area contributed by atoms with Crippen LogP contribution in [0.25, 0.3) is 10.9 Å². The summed E-state index contributed by atoms with van der Waals surface area (Å²) in [6.45, 7) is 0. The minimum atomic E-state index is -2.84. The lowest BCUT2D eigenvalue weighted by atomic mass is 10.2. The van der Waals surface area contributed by atoms with E-state index in [2.05, 4.69) is 5.32 Å². The Labute approximate surface area is 129 Å². The van der Waals surface area contributed by atoms with Crippen molar-refractivity contribution in [3.8, 4) is 0 Å². The lowest BCUT2D eigenvalue weighted by Crippen LogP contribution is -2.42. The summed E-state index contributed by atoms with van der Waals surface area (Å²) in [6, 6.07) is 5.28. The van der Waals surface area contributed by atoms with Crippen LogP contribution in [0.5, 0.6) is 0 Å². The molecule has 0 fully saturated rings. The van der Waals surface area contributed by atoms with E-state index in [1.54, 1.807) is 31.3 Å². The smallest absolute Gasteiger partial charge is 0.326 e. The first-order valence-corrected chi connectivity index (χ1v) is 6.75. The molecular formula is C14H13ClF2N2O3. The molecule has 0 aliphatic carbocycles. The minimum absolute atomic E-state index is 0.0309. The summed E-state index contributed by atoms with van der Waals surface area (Å²) in [5.41, 5.74) is 0.710. The van der Waals surface area contributed by atoms with Crippen molar-refractivity contribution in [1.29, 1.82) is 0 Å². The molecule has 0 radical (unpaired) electrons. The van der Waals surface area contributed by atoms with E-state index < -0.39 is 30.8 Å². The number of carbonyl (C=O) groups excluding carboxylic acids is 1. The molecule has 118 valence electrons. The van der Waals surface area contributed by atoms with E-state index >= 15 is 0 Å². The number of fused-ring (bicyclic) bond motifs is 1. The Hall–Kier alpha value is -2.15. The molecule has 0 saturated heterocycles. The zero-order valence-electron chi connectivity index (χ0n) is 11.5. The number of alkyl halides is 2. The van der Waals surface area contributed by atoms with Crippen LogP contribution in [-0.2, 0) is 11.8 Å². The van der Waals surface area contributed by atoms with Gasteiger partial charge >= 0.3 is 5.97 Å². The van der Waals surface area contributed by atoms with Gasteiger partial charge in [0.1, 0.15) is 11.7 Å². The summed E-state index contributed by atoms with van der Waals surface area (Å²) in [5.74, 6) is -2.33. The third-order valence-corrected chi connectivity index (χ3v) is 3.66. The van der Waals surface area contributed by atoms with Crippen molar-refractivity contribution in [3.05, 3.63) is 35.0 Å². The number of amides is 1. The van der Waals surface area contributed by atoms with Gasteiger partial charge in [0.05, 0.1) is 5.02 Å². The van der Waals surface area contributed by atoms with Crippen molar-refractivity contribution in [3.63, 3.8) is 0 Å². The molecule has 2 aromatic rings. The van der Waals surface area contributed by atoms with Gasteiger partial charge in [-0.1, -0.05) is 29.8 Å². The van der Waals surface area contributed by atoms with Gasteiger partial charge in [-0.2, -0.15) is 0 Å². The number of carbonyl (C=O) groups is 2. The van der Waals surface area contributed by atoms with E-state index in [0.29, 0.717) is 10.9 Å². The Morgan fingerprint density at radius 2 is 2.00 bits per heavy atom. The van der Waals surface area contributed by atoms with Crippen molar-refractivity contribution >= 4 is 34.4 Å². The number of hydrogen-bond acceptors (Lipinski definition) is 2. The zero-order chi connectivity index (χ0) is 16.4. The van der Waals surface area contributed by atoms with Crippen LogP contribution in [0.4, 0.5) is 8.78 Å². The first kappa shape index (κ1) is 16.2. The standard InChI is InChI=1S/C14H13ClF2N2O3/c1-19-9-5-3-2-4-7(9)11(15)12(19)13(20)18-8(14(21)22)6-10(16)17/h2-5,8,10H,6H2,1H3,(H,18,20)(H,21,22). The third-order valence-electron chi connectivity index (χ3n) is 3.28. The molecule has 1 heterocycles. The average Bonchev–Trinajstić information content (AvgIpc) is 2.70. The summed E-state index contributed by atoms with van der Waals surface area (Å²) in [7, 11) is 1.59. The van der Waals surface area contributed by atoms with Gasteiger partial charge in [0, 0.05) is 24.4 Å². The molecule has 8 heteroatoms. The molecule has 2 rings (SSSR count). The van der Waals surface area contributed by atoms with Crippen LogP contribution < -0.4 is 5.32 Å². The topological polar surface area (TPSA) is 71.3 Å². The molecule has 22 heavy (non-hydrogen) atoms. The quantitative estimate of drug-likeness (QED) is 0.885. The molecule has 1 atom stereocenters. The van der Waals surface area contributed by atoms with E-state index in [1.807, 2.05) is 0 Å². The Balaban J connectivity index is 2.35. The van der Waals surface area contributed by atoms with Gasteiger partial charge in [0.25, 0.3) is 5.91 Å². The van der Waals surface area contributed by atoms with Crippen molar-refractivity contribution in [2.75, 3.05) is 0 Å². The van der Waals surface area contributed by atoms with Gasteiger partial charge < -0.3 is 15.0 Å². The fourth-order valence-corrected chi connectivity index (χ4v) is 2.60. The fourth-order valence-electron chi connectivity index (χ4n) is 2.23. The summed E-state index contributed by atoms with van der Waals surface area (Å²) >= 11 is 6.15. The SMILES string of the molecule is Cn1c(C(=O)NC(CC(F)F)C(=O)O)c(Cl)c2ccccc21. The van der Waals surface area contributed by atoms with Crippen LogP contribution in [0, 0.1) is 0 Å². The maximum atomic E-state index is 12.4. The summed E-state index contributed by atoms with van der Waals surface area (Å²) in [5, 5.41) is 11.8. The molecule has 1 aromatic carbocycles. The highest BCUT2D eigenvalue weighted by Crippen LogP contribution is 2.29. The van der Waals surface area contributed by atoms with Gasteiger partial charge in [-0.25, -0.2) is 13.6 Å². The highest BCUT2D eigenvalue weighted by molar-refractivity contribution is 6.38. The number of halogens is 3. The fraction of sp³-hybridized carbons (Fsp3) is 0.286. The molecule has 1 unspecified atom stereocenters. The molecule has 1 aromatic heterocycles. The molecule has 0 spiro atoms. The summed E-state index contributed by atoms with van der Waals surface area (Å²) < 4.78 is 26.3. The number of benzene rings is 1. The number of aliphatic carboxylic acids is 1. The average molecular weight is 331 g/mol. The van der Waals surface area contributed by atoms with Crippen LogP contribution in [0.1, 0.15) is 16.9 Å². The number of aryl methyl sites for hydroxylation is 1. The van der Waals surface area contributed by atoms with Gasteiger partial charge in [0.15, 0.2) is 0 Å². The lowest BCUT2D eigenvalue weighted by molar-refractivity contribution is -0.140. The Bertz CT molecular complexity index is 691. The maximum Gasteiger partial charge on any atom is 0.326 e. The summed E-state index contributed by atoms with van der Waals surface area (Å²) in [4.78, 5) is 23.2. The van der Waals surface area contributed by atoms with Crippen LogP contribution in [0.2, 0.25) is 5.02 Å². The van der Waals surface area contributed by atoms with Crippen LogP contribution in [-0.4, -0.2) is 34.0 Å². The van der Waals surface area contributed by atoms with Crippen molar-refractivity contribution < 1.29 is 23.5 Å². The molecule has 0 bridgehead atoms. The monoisotopic (exact) mass is 330 g/mol. The Kier molecular flexibility index (Phi) is 4.65. The second kappa shape index (κ2) is 6.31. The van der Waals surface area contributed by atoms with E-state index in [0.717, 1.165) is 0 Å². The number of hydrogen-bond donors (Lipinski definition) is 2. The van der Waals surface area contributed by atoms with Crippen LogP contribution >= 0.6 is 11.6 Å². The van der Waals surface area contributed by atoms with Crippen molar-refractivity contribution in [2.45, 2.75) is 18.9 Å². The number of rotatable bonds is 5. The number of carboxylic acids is 1. The maximum absolute atomic E-state index is 12.4. The van der Waals surface area contributed by atoms with E-state index in [9.17, 15) is 18.4 Å². The zero-order valence-corrected chi connectivity index (χ0v) is 12.3. The van der Waals surface area contributed by atoms with Gasteiger partial charge in [-0.15, -0.1) is 0 Å². The predicted octanol–water partition coefficient (Wildman–Crippen LogP) is 2.67. The number of nitrogens with one attached hydrogen (secondary N) is 1. The highest BCUT2D eigenvalue weighted by atomic mass is 35.5. The normalized spacial score (nSPS) is 12.6. The first-order chi connectivity index (χ1) is 10.3. The van der Waals surface area contributed by atoms with Crippen LogP contribution in [0.15, 0.2) is 24.3 Å². The van der Waals surface area contributed by atoms with E-state index in [-0.39, 0.29) is 10.7 Å². The molecular weight excluding hydrogens is 318 g/mol.